The van der Waals surface area contributed by atoms with E-state index in [1.165, 1.54) is 6.08 Å². The minimum absolute atomic E-state index is 0.0187. The molecule has 2 saturated heterocycles. The van der Waals surface area contributed by atoms with Gasteiger partial charge < -0.3 is 48.9 Å². The minimum Gasteiger partial charge on any atom is -0.459 e. The number of esters is 1. The molecule has 0 aromatic heterocycles. The molecule has 4 N–H and O–H groups in total. The zero-order valence-corrected chi connectivity index (χ0v) is 27.9. The predicted octanol–water partition coefficient (Wildman–Crippen LogP) is 2.86. The van der Waals surface area contributed by atoms with E-state index < -0.39 is 72.2 Å². The molecule has 2 saturated carbocycles. The minimum atomic E-state index is -1.60. The van der Waals surface area contributed by atoms with Gasteiger partial charge in [-0.3, -0.25) is 0 Å². The maximum absolute atomic E-state index is 13.4. The summed E-state index contributed by atoms with van der Waals surface area (Å²) in [5, 5.41) is 41.5. The van der Waals surface area contributed by atoms with Crippen LogP contribution in [-0.4, -0.2) is 102 Å². The van der Waals surface area contributed by atoms with Gasteiger partial charge in [0, 0.05) is 36.4 Å². The van der Waals surface area contributed by atoms with Gasteiger partial charge in [-0.05, 0) is 61.5 Å². The molecule has 14 atom stereocenters. The Morgan fingerprint density at radius 2 is 1.79 bits per heavy atom. The highest BCUT2D eigenvalue weighted by Crippen LogP contribution is 2.64. The molecule has 0 amide bonds. The fraction of sp³-hybridized carbons (Fsp3) is 0.722. The maximum Gasteiger partial charge on any atom is 0.331 e. The van der Waals surface area contributed by atoms with E-state index in [9.17, 15) is 30.0 Å². The Labute approximate surface area is 277 Å². The average Bonchev–Trinajstić information content (AvgIpc) is 3.54. The highest BCUT2D eigenvalue weighted by atomic mass is 16.7. The van der Waals surface area contributed by atoms with Crippen LogP contribution in [-0.2, 0) is 33.3 Å². The quantitative estimate of drug-likeness (QED) is 0.157. The van der Waals surface area contributed by atoms with E-state index in [-0.39, 0.29) is 24.0 Å². The molecule has 5 rings (SSSR count). The molecule has 47 heavy (non-hydrogen) atoms. The van der Waals surface area contributed by atoms with Gasteiger partial charge in [0.15, 0.2) is 12.6 Å². The van der Waals surface area contributed by atoms with Crippen molar-refractivity contribution in [3.63, 3.8) is 0 Å². The molecule has 11 heteroatoms. The van der Waals surface area contributed by atoms with Crippen molar-refractivity contribution in [1.82, 2.24) is 0 Å². The van der Waals surface area contributed by atoms with E-state index in [4.69, 9.17) is 23.7 Å². The Balaban J connectivity index is 1.48. The predicted molar refractivity (Wildman–Crippen MR) is 170 cm³/mol. The number of hydrogen-bond donors (Lipinski definition) is 4. The first-order valence-electron chi connectivity index (χ1n) is 17.0. The monoisotopic (exact) mass is 660 g/mol. The molecule has 1 aromatic carbocycles. The Hall–Kier alpha value is -2.22. The van der Waals surface area contributed by atoms with Crippen LogP contribution in [0.4, 0.5) is 0 Å². The fourth-order valence-corrected chi connectivity index (χ4v) is 9.03. The van der Waals surface area contributed by atoms with E-state index in [1.807, 2.05) is 37.3 Å². The lowest BCUT2D eigenvalue weighted by Crippen LogP contribution is -2.67. The van der Waals surface area contributed by atoms with Crippen molar-refractivity contribution in [2.24, 2.45) is 34.5 Å². The fourth-order valence-electron chi connectivity index (χ4n) is 9.03. The van der Waals surface area contributed by atoms with Crippen molar-refractivity contribution in [3.8, 4) is 0 Å². The molecule has 0 unspecified atom stereocenters. The number of carbonyl (C=O) groups is 2. The summed E-state index contributed by atoms with van der Waals surface area (Å²) in [6.07, 6.45) is -0.570. The molecule has 2 aliphatic heterocycles. The molecule has 262 valence electrons. The van der Waals surface area contributed by atoms with Crippen molar-refractivity contribution < 1.29 is 53.7 Å². The number of carbonyl (C=O) groups excluding carboxylic acids is 2. The van der Waals surface area contributed by atoms with Gasteiger partial charge in [-0.1, -0.05) is 51.1 Å². The third kappa shape index (κ3) is 7.10. The summed E-state index contributed by atoms with van der Waals surface area (Å²) in [7, 11) is 1.65. The lowest BCUT2D eigenvalue weighted by atomic mass is 9.43. The van der Waals surface area contributed by atoms with Gasteiger partial charge in [-0.25, -0.2) is 4.79 Å². The van der Waals surface area contributed by atoms with Crippen LogP contribution in [0.1, 0.15) is 64.9 Å². The number of methoxy groups -OCH3 is 1. The summed E-state index contributed by atoms with van der Waals surface area (Å²) in [6, 6.07) is 9.49. The molecular weight excluding hydrogens is 608 g/mol. The Morgan fingerprint density at radius 3 is 2.47 bits per heavy atom. The molecule has 2 aliphatic carbocycles. The number of rotatable bonds is 11. The first kappa shape index (κ1) is 36.1. The van der Waals surface area contributed by atoms with Gasteiger partial charge in [0.05, 0.1) is 19.3 Å². The average molecular weight is 661 g/mol. The molecule has 4 fully saturated rings. The highest BCUT2D eigenvalue weighted by molar-refractivity contribution is 5.87. The number of benzene rings is 1. The largest absolute Gasteiger partial charge is 0.459 e. The third-order valence-corrected chi connectivity index (χ3v) is 11.9. The van der Waals surface area contributed by atoms with Crippen LogP contribution in [0.2, 0.25) is 0 Å². The van der Waals surface area contributed by atoms with Crippen LogP contribution in [0.25, 0.3) is 6.08 Å². The summed E-state index contributed by atoms with van der Waals surface area (Å²) in [4.78, 5) is 26.2. The van der Waals surface area contributed by atoms with Gasteiger partial charge in [0.25, 0.3) is 0 Å². The molecule has 0 radical (unpaired) electrons. The Bertz CT molecular complexity index is 1220. The molecule has 2 heterocycles. The second kappa shape index (κ2) is 15.1. The maximum atomic E-state index is 13.4. The highest BCUT2D eigenvalue weighted by Gasteiger charge is 2.65. The number of aliphatic hydroxyl groups excluding tert-OH is 4. The second-order valence-electron chi connectivity index (χ2n) is 14.4. The van der Waals surface area contributed by atoms with Crippen molar-refractivity contribution in [2.45, 2.75) is 108 Å². The third-order valence-electron chi connectivity index (χ3n) is 11.9. The zero-order chi connectivity index (χ0) is 33.9. The summed E-state index contributed by atoms with van der Waals surface area (Å²) in [5.41, 5.74) is -0.392. The van der Waals surface area contributed by atoms with E-state index in [1.54, 1.807) is 13.2 Å². The Morgan fingerprint density at radius 1 is 1.04 bits per heavy atom. The molecule has 0 spiro atoms. The summed E-state index contributed by atoms with van der Waals surface area (Å²) < 4.78 is 30.0. The zero-order valence-electron chi connectivity index (χ0n) is 27.9. The van der Waals surface area contributed by atoms with Crippen LogP contribution in [0.3, 0.4) is 0 Å². The van der Waals surface area contributed by atoms with Crippen molar-refractivity contribution in [2.75, 3.05) is 20.3 Å². The molecule has 1 aromatic rings. The lowest BCUT2D eigenvalue weighted by Gasteiger charge is -2.64. The summed E-state index contributed by atoms with van der Waals surface area (Å²) in [5.74, 6) is -1.02. The number of ether oxygens (including phenoxy) is 5. The van der Waals surface area contributed by atoms with Crippen molar-refractivity contribution in [1.29, 1.82) is 0 Å². The normalized spacial score (nSPS) is 43.8. The number of aldehydes is 1. The SMILES string of the molecule is CO[C@H]1OCC[C@@H]1CC[C@@]1(C)[C@H](C)C[C@H](O[C@@H]2O[C@H](CO)[C@@H](O)[C@H](O)[C@H]2O)[C@@]2(C)[C@H](C=O)CC[C@@H](OC(=O)/C=C/c3ccccc3)[C@H]12. The topological polar surface area (TPSA) is 161 Å². The Kier molecular flexibility index (Phi) is 11.6. The van der Waals surface area contributed by atoms with Gasteiger partial charge in [-0.15, -0.1) is 0 Å². The molecule has 4 aliphatic rings. The van der Waals surface area contributed by atoms with Gasteiger partial charge in [-0.2, -0.15) is 0 Å². The van der Waals surface area contributed by atoms with E-state index in [2.05, 4.69) is 13.8 Å². The van der Waals surface area contributed by atoms with Crippen LogP contribution >= 0.6 is 0 Å². The number of hydrogen-bond acceptors (Lipinski definition) is 11. The van der Waals surface area contributed by atoms with Crippen molar-refractivity contribution in [3.05, 3.63) is 42.0 Å². The molecule has 11 nitrogen and oxygen atoms in total. The van der Waals surface area contributed by atoms with E-state index in [0.29, 0.717) is 25.9 Å². The second-order valence-corrected chi connectivity index (χ2v) is 14.4. The molecular formula is C36H52O11. The lowest BCUT2D eigenvalue weighted by molar-refractivity contribution is -0.337. The van der Waals surface area contributed by atoms with E-state index in [0.717, 1.165) is 31.1 Å². The van der Waals surface area contributed by atoms with E-state index >= 15 is 0 Å². The summed E-state index contributed by atoms with van der Waals surface area (Å²) >= 11 is 0. The van der Waals surface area contributed by atoms with Gasteiger partial charge >= 0.3 is 5.97 Å². The number of aliphatic hydroxyl groups is 4. The van der Waals surface area contributed by atoms with Crippen LogP contribution in [0.15, 0.2) is 36.4 Å². The number of fused-ring (bicyclic) bond motifs is 1. The first-order chi connectivity index (χ1) is 22.5. The molecule has 0 bridgehead atoms. The van der Waals surface area contributed by atoms with Gasteiger partial charge in [0.1, 0.15) is 36.8 Å². The van der Waals surface area contributed by atoms with Crippen LogP contribution in [0, 0.1) is 34.5 Å². The standard InChI is InChI=1S/C36H52O11/c1-21-18-27(47-34-31(42)30(41)29(40)26(20-38)46-34)36(3)24(19-37)11-12-25(45-28(39)13-10-22-8-6-5-7-9-22)32(36)35(21,2)16-14-23-15-17-44-33(23)43-4/h5-10,13,19,21,23-27,29-34,38,40-42H,11-12,14-18,20H2,1-4H3/b13-10+/t21-,23+,24+,25-,26-,27+,29-,30+,31-,32-,33+,34+,35+,36-/m1/s1. The van der Waals surface area contributed by atoms with Gasteiger partial charge in [0.2, 0.25) is 0 Å². The first-order valence-corrected chi connectivity index (χ1v) is 17.0. The van der Waals surface area contributed by atoms with Crippen LogP contribution < -0.4 is 0 Å². The smallest absolute Gasteiger partial charge is 0.331 e. The summed E-state index contributed by atoms with van der Waals surface area (Å²) in [6.45, 7) is 6.42. The van der Waals surface area contributed by atoms with Crippen LogP contribution in [0.5, 0.6) is 0 Å². The van der Waals surface area contributed by atoms with Crippen molar-refractivity contribution >= 4 is 18.3 Å².